The third kappa shape index (κ3) is 4.82. The largest absolute Gasteiger partial charge is 0.490 e. The van der Waals surface area contributed by atoms with E-state index in [1.807, 2.05) is 31.2 Å². The predicted molar refractivity (Wildman–Crippen MR) is 115 cm³/mol. The second kappa shape index (κ2) is 8.86. The van der Waals surface area contributed by atoms with Crippen LogP contribution in [0.4, 0.5) is 0 Å². The van der Waals surface area contributed by atoms with E-state index in [9.17, 15) is 10.2 Å². The number of benzene rings is 2. The van der Waals surface area contributed by atoms with Gasteiger partial charge in [0.15, 0.2) is 0 Å². The number of β-amino-alcohol motifs (C(OH)–C–C–N with tert-alkyl or cyclic N) is 1. The third-order valence-electron chi connectivity index (χ3n) is 6.75. The van der Waals surface area contributed by atoms with Gasteiger partial charge in [-0.15, -0.1) is 0 Å². The molecule has 0 aromatic heterocycles. The zero-order chi connectivity index (χ0) is 20.3. The van der Waals surface area contributed by atoms with Gasteiger partial charge in [0.1, 0.15) is 18.0 Å². The molecule has 1 saturated heterocycles. The number of aliphatic hydroxyl groups is 2. The SMILES string of the molecule is Cc1cccc(OC[C@@]2(O)CN(C3CCC(c4ccccc4)CC3)CC[C@@H]2O)c1. The molecule has 2 atom stereocenters. The van der Waals surface area contributed by atoms with Gasteiger partial charge in [-0.2, -0.15) is 0 Å². The molecule has 29 heavy (non-hydrogen) atoms. The minimum absolute atomic E-state index is 0.119. The minimum Gasteiger partial charge on any atom is -0.490 e. The first kappa shape index (κ1) is 20.4. The molecule has 1 aliphatic heterocycles. The Morgan fingerprint density at radius 1 is 1.00 bits per heavy atom. The highest BCUT2D eigenvalue weighted by atomic mass is 16.5. The number of aliphatic hydroxyl groups excluding tert-OH is 1. The topological polar surface area (TPSA) is 52.9 Å². The molecule has 2 aliphatic rings. The van der Waals surface area contributed by atoms with Gasteiger partial charge in [0.25, 0.3) is 0 Å². The second-order valence-corrected chi connectivity index (χ2v) is 8.90. The Morgan fingerprint density at radius 2 is 1.76 bits per heavy atom. The van der Waals surface area contributed by atoms with Gasteiger partial charge in [-0.3, -0.25) is 4.90 Å². The van der Waals surface area contributed by atoms with E-state index in [1.54, 1.807) is 0 Å². The molecule has 4 nitrogen and oxygen atoms in total. The van der Waals surface area contributed by atoms with Crippen molar-refractivity contribution in [2.24, 2.45) is 0 Å². The molecular formula is C25H33NO3. The maximum absolute atomic E-state index is 11.2. The summed E-state index contributed by atoms with van der Waals surface area (Å²) in [6.45, 7) is 3.45. The number of ether oxygens (including phenoxy) is 1. The molecule has 156 valence electrons. The van der Waals surface area contributed by atoms with Crippen molar-refractivity contribution in [3.63, 3.8) is 0 Å². The molecule has 4 rings (SSSR count). The van der Waals surface area contributed by atoms with Gasteiger partial charge in [0, 0.05) is 19.1 Å². The van der Waals surface area contributed by atoms with Gasteiger partial charge in [-0.25, -0.2) is 0 Å². The number of nitrogens with zero attached hydrogens (tertiary/aromatic N) is 1. The van der Waals surface area contributed by atoms with Crippen molar-refractivity contribution < 1.29 is 14.9 Å². The molecule has 0 amide bonds. The van der Waals surface area contributed by atoms with Gasteiger partial charge < -0.3 is 14.9 Å². The number of likely N-dealkylation sites (tertiary alicyclic amines) is 1. The third-order valence-corrected chi connectivity index (χ3v) is 6.75. The number of piperidine rings is 1. The highest BCUT2D eigenvalue weighted by molar-refractivity contribution is 5.27. The summed E-state index contributed by atoms with van der Waals surface area (Å²) >= 11 is 0. The van der Waals surface area contributed by atoms with Crippen LogP contribution in [0.15, 0.2) is 54.6 Å². The molecular weight excluding hydrogens is 362 g/mol. The Kier molecular flexibility index (Phi) is 6.23. The molecule has 0 spiro atoms. The van der Waals surface area contributed by atoms with Crippen LogP contribution in [-0.2, 0) is 0 Å². The first-order valence-electron chi connectivity index (χ1n) is 10.9. The van der Waals surface area contributed by atoms with Crippen LogP contribution in [0.3, 0.4) is 0 Å². The smallest absolute Gasteiger partial charge is 0.137 e. The number of hydrogen-bond acceptors (Lipinski definition) is 4. The van der Waals surface area contributed by atoms with E-state index < -0.39 is 11.7 Å². The Hall–Kier alpha value is -1.88. The molecule has 2 N–H and O–H groups in total. The zero-order valence-electron chi connectivity index (χ0n) is 17.3. The van der Waals surface area contributed by atoms with E-state index in [0.717, 1.165) is 30.7 Å². The van der Waals surface area contributed by atoms with E-state index >= 15 is 0 Å². The zero-order valence-corrected chi connectivity index (χ0v) is 17.3. The molecule has 0 bridgehead atoms. The van der Waals surface area contributed by atoms with Crippen molar-refractivity contribution in [1.29, 1.82) is 0 Å². The molecule has 2 aromatic rings. The van der Waals surface area contributed by atoms with Crippen molar-refractivity contribution in [3.05, 3.63) is 65.7 Å². The lowest BCUT2D eigenvalue weighted by atomic mass is 9.80. The van der Waals surface area contributed by atoms with Crippen molar-refractivity contribution in [2.75, 3.05) is 19.7 Å². The summed E-state index contributed by atoms with van der Waals surface area (Å²) in [7, 11) is 0. The van der Waals surface area contributed by atoms with Crippen molar-refractivity contribution in [2.45, 2.75) is 62.7 Å². The lowest BCUT2D eigenvalue weighted by molar-refractivity contribution is -0.147. The van der Waals surface area contributed by atoms with Crippen LogP contribution < -0.4 is 4.74 Å². The summed E-state index contributed by atoms with van der Waals surface area (Å²) in [5, 5.41) is 21.7. The maximum Gasteiger partial charge on any atom is 0.137 e. The highest BCUT2D eigenvalue weighted by Crippen LogP contribution is 2.36. The van der Waals surface area contributed by atoms with Gasteiger partial charge in [-0.05, 0) is 68.2 Å². The normalized spacial score (nSPS) is 30.8. The molecule has 1 aliphatic carbocycles. The van der Waals surface area contributed by atoms with Crippen molar-refractivity contribution in [3.8, 4) is 5.75 Å². The summed E-state index contributed by atoms with van der Waals surface area (Å²) < 4.78 is 5.87. The molecule has 0 unspecified atom stereocenters. The van der Waals surface area contributed by atoms with Crippen molar-refractivity contribution in [1.82, 2.24) is 4.90 Å². The van der Waals surface area contributed by atoms with Crippen LogP contribution in [0.2, 0.25) is 0 Å². The van der Waals surface area contributed by atoms with Crippen LogP contribution in [0, 0.1) is 6.92 Å². The fourth-order valence-corrected chi connectivity index (χ4v) is 4.96. The molecule has 1 heterocycles. The van der Waals surface area contributed by atoms with Gasteiger partial charge in [-0.1, -0.05) is 42.5 Å². The van der Waals surface area contributed by atoms with Gasteiger partial charge in [0.05, 0.1) is 6.10 Å². The lowest BCUT2D eigenvalue weighted by Gasteiger charge is -2.46. The van der Waals surface area contributed by atoms with Crippen LogP contribution in [0.25, 0.3) is 0 Å². The Balaban J connectivity index is 1.35. The number of hydrogen-bond donors (Lipinski definition) is 2. The quantitative estimate of drug-likeness (QED) is 0.806. The maximum atomic E-state index is 11.2. The number of aryl methyl sites for hydroxylation is 1. The fraction of sp³-hybridized carbons (Fsp3) is 0.520. The molecule has 4 heteroatoms. The Labute approximate surface area is 174 Å². The van der Waals surface area contributed by atoms with Crippen molar-refractivity contribution >= 4 is 0 Å². The Morgan fingerprint density at radius 3 is 2.48 bits per heavy atom. The van der Waals surface area contributed by atoms with E-state index in [-0.39, 0.29) is 6.61 Å². The van der Waals surface area contributed by atoms with Gasteiger partial charge in [0.2, 0.25) is 0 Å². The first-order valence-corrected chi connectivity index (χ1v) is 10.9. The standard InChI is InChI=1S/C25H33NO3/c1-19-6-5-9-23(16-19)29-18-25(28)17-26(15-14-24(25)27)22-12-10-21(11-13-22)20-7-3-2-4-8-20/h2-9,16,21-22,24,27-28H,10-15,17-18H2,1H3/t21?,22?,24-,25-/m0/s1. The fourth-order valence-electron chi connectivity index (χ4n) is 4.96. The monoisotopic (exact) mass is 395 g/mol. The Bertz CT molecular complexity index is 788. The summed E-state index contributed by atoms with van der Waals surface area (Å²) in [5.41, 5.74) is 1.34. The molecule has 2 fully saturated rings. The summed E-state index contributed by atoms with van der Waals surface area (Å²) in [4.78, 5) is 2.38. The minimum atomic E-state index is -1.22. The summed E-state index contributed by atoms with van der Waals surface area (Å²) in [5.74, 6) is 1.39. The predicted octanol–water partition coefficient (Wildman–Crippen LogP) is 3.90. The van der Waals surface area contributed by atoms with E-state index in [1.165, 1.54) is 18.4 Å². The second-order valence-electron chi connectivity index (χ2n) is 8.90. The summed E-state index contributed by atoms with van der Waals surface area (Å²) in [6.07, 6.45) is 4.50. The van der Waals surface area contributed by atoms with E-state index in [0.29, 0.717) is 24.9 Å². The molecule has 2 aromatic carbocycles. The van der Waals surface area contributed by atoms with Crippen LogP contribution >= 0.6 is 0 Å². The molecule has 0 radical (unpaired) electrons. The number of rotatable bonds is 5. The highest BCUT2D eigenvalue weighted by Gasteiger charge is 2.44. The van der Waals surface area contributed by atoms with E-state index in [2.05, 4.69) is 35.2 Å². The average molecular weight is 396 g/mol. The summed E-state index contributed by atoms with van der Waals surface area (Å²) in [6, 6.07) is 19.1. The lowest BCUT2D eigenvalue weighted by Crippen LogP contribution is -2.62. The average Bonchev–Trinajstić information content (AvgIpc) is 2.75. The van der Waals surface area contributed by atoms with E-state index in [4.69, 9.17) is 4.74 Å². The van der Waals surface area contributed by atoms with Crippen LogP contribution in [0.5, 0.6) is 5.75 Å². The molecule has 1 saturated carbocycles. The van der Waals surface area contributed by atoms with Gasteiger partial charge >= 0.3 is 0 Å². The first-order chi connectivity index (χ1) is 14.0. The van der Waals surface area contributed by atoms with Crippen LogP contribution in [-0.4, -0.2) is 52.6 Å². The van der Waals surface area contributed by atoms with Crippen LogP contribution in [0.1, 0.15) is 49.1 Å².